The van der Waals surface area contributed by atoms with Crippen LogP contribution < -0.4 is 0 Å². The molecule has 0 unspecified atom stereocenters. The van der Waals surface area contributed by atoms with Gasteiger partial charge in [-0.1, -0.05) is 44.2 Å². The first-order valence-electron chi connectivity index (χ1n) is 9.01. The first-order chi connectivity index (χ1) is 12.1. The van der Waals surface area contributed by atoms with Gasteiger partial charge in [0.1, 0.15) is 6.04 Å². The largest absolute Gasteiger partial charge is 0.394 e. The number of amides is 1. The number of carbonyl (C=O) groups excluding carboxylic acids is 1. The van der Waals surface area contributed by atoms with E-state index in [0.717, 1.165) is 30.4 Å². The van der Waals surface area contributed by atoms with Crippen LogP contribution in [-0.4, -0.2) is 34.6 Å². The summed E-state index contributed by atoms with van der Waals surface area (Å²) < 4.78 is 0. The third-order valence-corrected chi connectivity index (χ3v) is 5.24. The molecular weight excluding hydrogens is 312 g/mol. The number of hydrogen-bond acceptors (Lipinski definition) is 3. The summed E-state index contributed by atoms with van der Waals surface area (Å²) in [7, 11) is 0. The van der Waals surface area contributed by atoms with E-state index in [1.165, 1.54) is 0 Å². The van der Waals surface area contributed by atoms with E-state index >= 15 is 0 Å². The zero-order valence-electron chi connectivity index (χ0n) is 14.8. The summed E-state index contributed by atoms with van der Waals surface area (Å²) in [5, 5.41) is 19.4. The third-order valence-electron chi connectivity index (χ3n) is 5.24. The summed E-state index contributed by atoms with van der Waals surface area (Å²) in [6.45, 7) is 3.98. The van der Waals surface area contributed by atoms with Crippen LogP contribution in [0, 0.1) is 35.0 Å². The highest BCUT2D eigenvalue weighted by Gasteiger charge is 2.53. The van der Waals surface area contributed by atoms with Crippen LogP contribution in [0.5, 0.6) is 0 Å². The Morgan fingerprint density at radius 1 is 1.32 bits per heavy atom. The topological polar surface area (TPSA) is 64.3 Å². The van der Waals surface area contributed by atoms with E-state index in [1.807, 2.05) is 38.1 Å². The molecule has 1 aliphatic heterocycles. The van der Waals surface area contributed by atoms with Crippen molar-refractivity contribution >= 4 is 5.91 Å². The fraction of sp³-hybridized carbons (Fsp3) is 0.524. The second-order valence-electron chi connectivity index (χ2n) is 7.27. The van der Waals surface area contributed by atoms with Gasteiger partial charge in [-0.25, -0.2) is 0 Å². The maximum Gasteiger partial charge on any atom is 0.227 e. The van der Waals surface area contributed by atoms with Crippen LogP contribution in [0.2, 0.25) is 0 Å². The first-order valence-corrected chi connectivity index (χ1v) is 9.01. The molecule has 1 aromatic rings. The lowest BCUT2D eigenvalue weighted by Gasteiger charge is -2.53. The van der Waals surface area contributed by atoms with Crippen molar-refractivity contribution in [2.45, 2.75) is 51.1 Å². The van der Waals surface area contributed by atoms with Crippen molar-refractivity contribution in [3.8, 4) is 17.9 Å². The smallest absolute Gasteiger partial charge is 0.227 e. The normalized spacial score (nSPS) is 25.4. The van der Waals surface area contributed by atoms with E-state index < -0.39 is 6.04 Å². The summed E-state index contributed by atoms with van der Waals surface area (Å²) in [5.41, 5.74) is 1.92. The maximum absolute atomic E-state index is 12.6. The quantitative estimate of drug-likeness (QED) is 0.863. The van der Waals surface area contributed by atoms with E-state index in [-0.39, 0.29) is 30.4 Å². The van der Waals surface area contributed by atoms with E-state index in [4.69, 9.17) is 0 Å². The molecule has 2 fully saturated rings. The van der Waals surface area contributed by atoms with Crippen LogP contribution in [0.1, 0.15) is 50.2 Å². The van der Waals surface area contributed by atoms with Gasteiger partial charge in [-0.2, -0.15) is 5.26 Å². The SMILES string of the molecule is CC(C)C#Cc1ccc([C@H]2[C@@H](C#N)N(C(=O)C3CCC3)[C@@H]2CO)cc1. The minimum Gasteiger partial charge on any atom is -0.394 e. The average Bonchev–Trinajstić information content (AvgIpc) is 2.52. The minimum atomic E-state index is -0.488. The molecule has 1 saturated heterocycles. The van der Waals surface area contributed by atoms with Crippen LogP contribution in [-0.2, 0) is 4.79 Å². The molecule has 1 aliphatic carbocycles. The van der Waals surface area contributed by atoms with Gasteiger partial charge in [0.25, 0.3) is 0 Å². The van der Waals surface area contributed by atoms with E-state index in [0.29, 0.717) is 5.92 Å². The number of nitriles is 1. The molecule has 0 radical (unpaired) electrons. The van der Waals surface area contributed by atoms with Gasteiger partial charge in [0.05, 0.1) is 18.7 Å². The van der Waals surface area contributed by atoms with Crippen molar-refractivity contribution in [3.63, 3.8) is 0 Å². The number of likely N-dealkylation sites (tertiary alicyclic amines) is 1. The Balaban J connectivity index is 1.78. The predicted octanol–water partition coefficient (Wildman–Crippen LogP) is 2.67. The van der Waals surface area contributed by atoms with Crippen molar-refractivity contribution in [3.05, 3.63) is 35.4 Å². The Morgan fingerprint density at radius 3 is 2.48 bits per heavy atom. The standard InChI is InChI=1S/C21H24N2O2/c1-14(2)6-7-15-8-10-16(11-9-15)20-18(12-22)23(19(20)13-24)21(25)17-4-3-5-17/h8-11,14,17-20,24H,3-5,13H2,1-2H3/t18-,19-,20+/m1/s1. The van der Waals surface area contributed by atoms with Crippen LogP contribution in [0.4, 0.5) is 0 Å². The van der Waals surface area contributed by atoms with E-state index in [1.54, 1.807) is 4.90 Å². The molecular formula is C21H24N2O2. The predicted molar refractivity (Wildman–Crippen MR) is 95.4 cm³/mol. The average molecular weight is 336 g/mol. The lowest BCUT2D eigenvalue weighted by atomic mass is 9.73. The Bertz CT molecular complexity index is 732. The fourth-order valence-electron chi connectivity index (χ4n) is 3.59. The maximum atomic E-state index is 12.6. The summed E-state index contributed by atoms with van der Waals surface area (Å²) in [4.78, 5) is 14.2. The van der Waals surface area contributed by atoms with Gasteiger partial charge in [-0.05, 0) is 30.5 Å². The zero-order chi connectivity index (χ0) is 18.0. The molecule has 1 N–H and O–H groups in total. The molecule has 1 saturated carbocycles. The van der Waals surface area contributed by atoms with E-state index in [9.17, 15) is 15.2 Å². The van der Waals surface area contributed by atoms with Gasteiger partial charge in [-0.15, -0.1) is 0 Å². The molecule has 3 rings (SSSR count). The second kappa shape index (κ2) is 7.30. The highest BCUT2D eigenvalue weighted by atomic mass is 16.3. The minimum absolute atomic E-state index is 0.0347. The van der Waals surface area contributed by atoms with Crippen molar-refractivity contribution in [2.75, 3.05) is 6.61 Å². The Labute approximate surface area is 149 Å². The van der Waals surface area contributed by atoms with Gasteiger partial charge < -0.3 is 10.0 Å². The number of nitrogens with zero attached hydrogens (tertiary/aromatic N) is 2. The van der Waals surface area contributed by atoms with Gasteiger partial charge in [0.2, 0.25) is 5.91 Å². The molecule has 0 spiro atoms. The number of rotatable bonds is 3. The summed E-state index contributed by atoms with van der Waals surface area (Å²) in [6.07, 6.45) is 2.88. The molecule has 0 aromatic heterocycles. The van der Waals surface area contributed by atoms with Crippen molar-refractivity contribution in [1.82, 2.24) is 4.90 Å². The summed E-state index contributed by atoms with van der Waals surface area (Å²) in [5.74, 6) is 6.52. The molecule has 4 nitrogen and oxygen atoms in total. The van der Waals surface area contributed by atoms with Crippen molar-refractivity contribution < 1.29 is 9.90 Å². The molecule has 1 heterocycles. The first kappa shape index (κ1) is 17.5. The number of benzene rings is 1. The molecule has 3 atom stereocenters. The lowest BCUT2D eigenvalue weighted by molar-refractivity contribution is -0.154. The summed E-state index contributed by atoms with van der Waals surface area (Å²) >= 11 is 0. The summed E-state index contributed by atoms with van der Waals surface area (Å²) in [6, 6.07) is 9.31. The second-order valence-corrected chi connectivity index (χ2v) is 7.27. The van der Waals surface area contributed by atoms with Crippen LogP contribution >= 0.6 is 0 Å². The van der Waals surface area contributed by atoms with Gasteiger partial charge in [-0.3, -0.25) is 4.79 Å². The highest BCUT2D eigenvalue weighted by Crippen LogP contribution is 2.43. The molecule has 1 amide bonds. The van der Waals surface area contributed by atoms with Crippen LogP contribution in [0.15, 0.2) is 24.3 Å². The number of carbonyl (C=O) groups is 1. The number of aliphatic hydroxyl groups is 1. The van der Waals surface area contributed by atoms with Crippen LogP contribution in [0.25, 0.3) is 0 Å². The molecule has 25 heavy (non-hydrogen) atoms. The van der Waals surface area contributed by atoms with Gasteiger partial charge >= 0.3 is 0 Å². The molecule has 130 valence electrons. The Morgan fingerprint density at radius 2 is 2.00 bits per heavy atom. The number of aliphatic hydroxyl groups excluding tert-OH is 1. The van der Waals surface area contributed by atoms with Crippen molar-refractivity contribution in [1.29, 1.82) is 5.26 Å². The molecule has 2 aliphatic rings. The van der Waals surface area contributed by atoms with Gasteiger partial charge in [0, 0.05) is 23.3 Å². The zero-order valence-corrected chi connectivity index (χ0v) is 14.8. The van der Waals surface area contributed by atoms with E-state index in [2.05, 4.69) is 17.9 Å². The third kappa shape index (κ3) is 3.28. The Hall–Kier alpha value is -2.30. The molecule has 4 heteroatoms. The lowest BCUT2D eigenvalue weighted by Crippen LogP contribution is -2.66. The highest BCUT2D eigenvalue weighted by molar-refractivity contribution is 5.82. The van der Waals surface area contributed by atoms with Crippen molar-refractivity contribution in [2.24, 2.45) is 11.8 Å². The molecule has 0 bridgehead atoms. The monoisotopic (exact) mass is 336 g/mol. The van der Waals surface area contributed by atoms with Crippen LogP contribution in [0.3, 0.4) is 0 Å². The van der Waals surface area contributed by atoms with Gasteiger partial charge in [0.15, 0.2) is 0 Å². The Kier molecular flexibility index (Phi) is 5.11. The number of hydrogen-bond donors (Lipinski definition) is 1. The molecule has 1 aromatic carbocycles. The fourth-order valence-corrected chi connectivity index (χ4v) is 3.59.